The number of carbonyl (C=O) groups excluding carboxylic acids is 3. The Bertz CT molecular complexity index is 1740. The minimum absolute atomic E-state index is 0.0475. The third kappa shape index (κ3) is 6.91. The molecule has 9 nitrogen and oxygen atoms in total. The molecule has 7 rings (SSSR count). The standard InChI is InChI=1S/C40H48Br2N6O3/c1-38(2)34-9-14-39(3,48-17-12-31(13-18-48)44-35(49)28-7-5-4-6-8-28)37(51)40(34,38)45-33(25-27-23-29(41)26-30(42)24-27)36(50)47-21-19-46(20-22-47)32-10-15-43-16-11-32/h4-8,10-11,15-16,23-24,26,31,33-34,45H,9,12-14,17-22,25H2,1-3H3,(H,44,49)/t33-,34?,39?,40?/m1/s1. The van der Waals surface area contributed by atoms with Crippen LogP contribution in [0.2, 0.25) is 0 Å². The van der Waals surface area contributed by atoms with E-state index in [0.29, 0.717) is 25.1 Å². The molecule has 4 aliphatic rings. The van der Waals surface area contributed by atoms with Gasteiger partial charge in [0, 0.05) is 77.9 Å². The number of nitrogens with zero attached hydrogens (tertiary/aromatic N) is 4. The van der Waals surface area contributed by atoms with Gasteiger partial charge in [-0.2, -0.15) is 0 Å². The lowest BCUT2D eigenvalue weighted by Crippen LogP contribution is -2.67. The van der Waals surface area contributed by atoms with Gasteiger partial charge in [-0.1, -0.05) is 63.9 Å². The van der Waals surface area contributed by atoms with Crippen LogP contribution in [-0.4, -0.2) is 94.8 Å². The van der Waals surface area contributed by atoms with Gasteiger partial charge < -0.3 is 15.1 Å². The van der Waals surface area contributed by atoms with Crippen molar-refractivity contribution in [1.29, 1.82) is 0 Å². The van der Waals surface area contributed by atoms with E-state index in [1.807, 2.05) is 53.4 Å². The van der Waals surface area contributed by atoms with E-state index in [4.69, 9.17) is 0 Å². The fourth-order valence-electron chi connectivity index (χ4n) is 9.29. The maximum absolute atomic E-state index is 15.1. The molecule has 2 N–H and O–H groups in total. The van der Waals surface area contributed by atoms with Crippen molar-refractivity contribution in [3.8, 4) is 0 Å². The van der Waals surface area contributed by atoms with Crippen LogP contribution >= 0.6 is 31.9 Å². The third-order valence-electron chi connectivity index (χ3n) is 12.3. The topological polar surface area (TPSA) is 97.9 Å². The van der Waals surface area contributed by atoms with Crippen LogP contribution in [0.15, 0.2) is 82.0 Å². The van der Waals surface area contributed by atoms with Gasteiger partial charge in [0.25, 0.3) is 5.91 Å². The van der Waals surface area contributed by atoms with Crippen molar-refractivity contribution in [2.24, 2.45) is 11.3 Å². The first-order chi connectivity index (χ1) is 24.4. The third-order valence-corrected chi connectivity index (χ3v) is 13.3. The van der Waals surface area contributed by atoms with Crippen LogP contribution in [0.3, 0.4) is 0 Å². The normalized spacial score (nSPS) is 27.1. The zero-order valence-corrected chi connectivity index (χ0v) is 32.9. The summed E-state index contributed by atoms with van der Waals surface area (Å²) in [5.41, 5.74) is 1.05. The Labute approximate surface area is 318 Å². The molecule has 4 atom stereocenters. The number of aromatic nitrogens is 1. The van der Waals surface area contributed by atoms with E-state index in [2.05, 4.69) is 90.2 Å². The van der Waals surface area contributed by atoms with Crippen LogP contribution in [0.5, 0.6) is 0 Å². The van der Waals surface area contributed by atoms with Gasteiger partial charge in [0.15, 0.2) is 5.78 Å². The van der Waals surface area contributed by atoms with E-state index in [1.54, 1.807) is 12.4 Å². The van der Waals surface area contributed by atoms with E-state index >= 15 is 4.79 Å². The highest BCUT2D eigenvalue weighted by Crippen LogP contribution is 2.68. The Balaban J connectivity index is 1.09. The zero-order chi connectivity index (χ0) is 36.0. The molecule has 4 fully saturated rings. The number of hydrogen-bond donors (Lipinski definition) is 2. The number of carbonyl (C=O) groups is 3. The van der Waals surface area contributed by atoms with Crippen molar-refractivity contribution in [3.05, 3.63) is 93.1 Å². The Morgan fingerprint density at radius 3 is 2.18 bits per heavy atom. The number of fused-ring (bicyclic) bond motifs is 1. The fraction of sp³-hybridized carbons (Fsp3) is 0.500. The monoisotopic (exact) mass is 818 g/mol. The van der Waals surface area contributed by atoms with E-state index in [1.165, 1.54) is 0 Å². The second kappa shape index (κ2) is 14.4. The fourth-order valence-corrected chi connectivity index (χ4v) is 10.7. The number of anilines is 1. The summed E-state index contributed by atoms with van der Waals surface area (Å²) >= 11 is 7.28. The van der Waals surface area contributed by atoms with Crippen LogP contribution < -0.4 is 15.5 Å². The molecule has 2 saturated carbocycles. The molecule has 2 aromatic carbocycles. The van der Waals surface area contributed by atoms with Crippen LogP contribution in [0.4, 0.5) is 5.69 Å². The molecule has 2 amide bonds. The molecule has 1 aromatic heterocycles. The van der Waals surface area contributed by atoms with Gasteiger partial charge >= 0.3 is 0 Å². The quantitative estimate of drug-likeness (QED) is 0.279. The second-order valence-corrected chi connectivity index (χ2v) is 17.4. The highest BCUT2D eigenvalue weighted by Gasteiger charge is 2.79. The smallest absolute Gasteiger partial charge is 0.251 e. The van der Waals surface area contributed by atoms with E-state index < -0.39 is 17.1 Å². The molecule has 0 bridgehead atoms. The van der Waals surface area contributed by atoms with Crippen molar-refractivity contribution in [2.45, 2.75) is 76.0 Å². The average Bonchev–Trinajstić information content (AvgIpc) is 3.63. The number of halogens is 2. The summed E-state index contributed by atoms with van der Waals surface area (Å²) in [6.07, 6.45) is 7.37. The van der Waals surface area contributed by atoms with Crippen molar-refractivity contribution < 1.29 is 14.4 Å². The Morgan fingerprint density at radius 2 is 1.53 bits per heavy atom. The van der Waals surface area contributed by atoms with Crippen LogP contribution in [0, 0.1) is 11.3 Å². The van der Waals surface area contributed by atoms with Gasteiger partial charge in [0.1, 0.15) is 0 Å². The number of piperidine rings is 1. The average molecular weight is 821 g/mol. The molecule has 270 valence electrons. The molecule has 2 aliphatic heterocycles. The van der Waals surface area contributed by atoms with Crippen LogP contribution in [0.1, 0.15) is 62.4 Å². The molecule has 0 radical (unpaired) electrons. The molecule has 0 spiro atoms. The van der Waals surface area contributed by atoms with Gasteiger partial charge in [-0.3, -0.25) is 29.6 Å². The lowest BCUT2D eigenvalue weighted by Gasteiger charge is -2.48. The second-order valence-electron chi connectivity index (χ2n) is 15.5. The van der Waals surface area contributed by atoms with Crippen molar-refractivity contribution in [3.63, 3.8) is 0 Å². The maximum atomic E-state index is 15.1. The molecular formula is C40H48Br2N6O3. The number of amides is 2. The first-order valence-electron chi connectivity index (χ1n) is 18.2. The summed E-state index contributed by atoms with van der Waals surface area (Å²) in [5, 5.41) is 7.06. The summed E-state index contributed by atoms with van der Waals surface area (Å²) < 4.78 is 1.88. The lowest BCUT2D eigenvalue weighted by atomic mass is 9.75. The van der Waals surface area contributed by atoms with Crippen molar-refractivity contribution in [1.82, 2.24) is 25.4 Å². The summed E-state index contributed by atoms with van der Waals surface area (Å²) in [6.45, 7) is 10.7. The molecule has 3 unspecified atom stereocenters. The Hall–Kier alpha value is -3.12. The predicted molar refractivity (Wildman–Crippen MR) is 207 cm³/mol. The first-order valence-corrected chi connectivity index (χ1v) is 19.8. The van der Waals surface area contributed by atoms with Gasteiger partial charge in [0.2, 0.25) is 5.91 Å². The zero-order valence-electron chi connectivity index (χ0n) is 29.7. The first kappa shape index (κ1) is 36.2. The summed E-state index contributed by atoms with van der Waals surface area (Å²) in [5.74, 6) is 0.359. The number of Topliss-reactive ketones (excluding diaryl/α,β-unsaturated/α-hetero) is 1. The molecule has 51 heavy (non-hydrogen) atoms. The predicted octanol–water partition coefficient (Wildman–Crippen LogP) is 5.87. The van der Waals surface area contributed by atoms with Gasteiger partial charge in [-0.15, -0.1) is 0 Å². The molecule has 2 saturated heterocycles. The number of pyridine rings is 1. The summed E-state index contributed by atoms with van der Waals surface area (Å²) in [6, 6.07) is 19.0. The van der Waals surface area contributed by atoms with Gasteiger partial charge in [0.05, 0.1) is 17.1 Å². The highest BCUT2D eigenvalue weighted by molar-refractivity contribution is 9.11. The Kier molecular flexibility index (Phi) is 10.2. The largest absolute Gasteiger partial charge is 0.368 e. The summed E-state index contributed by atoms with van der Waals surface area (Å²) in [7, 11) is 0. The maximum Gasteiger partial charge on any atom is 0.251 e. The minimum Gasteiger partial charge on any atom is -0.368 e. The SMILES string of the molecule is CC1(N2CCC(NC(=O)c3ccccc3)CC2)CCC2C(C)(C)C2(N[C@H](Cc2cc(Br)cc(Br)c2)C(=O)N2CCN(c3ccncc3)CC2)C1=O. The highest BCUT2D eigenvalue weighted by atomic mass is 79.9. The molecule has 3 heterocycles. The molecule has 11 heteroatoms. The number of likely N-dealkylation sites (tertiary alicyclic amines) is 1. The van der Waals surface area contributed by atoms with E-state index in [9.17, 15) is 9.59 Å². The Morgan fingerprint density at radius 1 is 0.882 bits per heavy atom. The van der Waals surface area contributed by atoms with Gasteiger partial charge in [-0.25, -0.2) is 0 Å². The molecule has 3 aromatic rings. The molecule has 2 aliphatic carbocycles. The summed E-state index contributed by atoms with van der Waals surface area (Å²) in [4.78, 5) is 53.4. The number of piperazine rings is 1. The van der Waals surface area contributed by atoms with Crippen LogP contribution in [-0.2, 0) is 16.0 Å². The van der Waals surface area contributed by atoms with Crippen molar-refractivity contribution in [2.75, 3.05) is 44.2 Å². The van der Waals surface area contributed by atoms with Crippen LogP contribution in [0.25, 0.3) is 0 Å². The van der Waals surface area contributed by atoms with Gasteiger partial charge in [-0.05, 0) is 98.4 Å². The number of ketones is 1. The van der Waals surface area contributed by atoms with E-state index in [-0.39, 0.29) is 35.0 Å². The van der Waals surface area contributed by atoms with Crippen molar-refractivity contribution >= 4 is 55.1 Å². The number of hydrogen-bond acceptors (Lipinski definition) is 7. The lowest BCUT2D eigenvalue weighted by molar-refractivity contribution is -0.140. The number of rotatable bonds is 9. The van der Waals surface area contributed by atoms with E-state index in [0.717, 1.165) is 72.1 Å². The molecular weight excluding hydrogens is 772 g/mol. The minimum atomic E-state index is -0.805. The number of nitrogens with one attached hydrogen (secondary N) is 2. The number of benzene rings is 2.